The van der Waals surface area contributed by atoms with Gasteiger partial charge in [0, 0.05) is 6.20 Å². The number of nitrogens with zero attached hydrogens (tertiary/aromatic N) is 1. The molecule has 0 N–H and O–H groups in total. The van der Waals surface area contributed by atoms with Crippen LogP contribution in [-0.4, -0.2) is 4.57 Å². The van der Waals surface area contributed by atoms with Crippen LogP contribution in [0.25, 0.3) is 27.4 Å². The van der Waals surface area contributed by atoms with Gasteiger partial charge in [-0.05, 0) is 23.2 Å². The molecule has 4 aromatic rings. The Morgan fingerprint density at radius 2 is 1.59 bits per heavy atom. The minimum Gasteiger partial charge on any atom is -0.335 e. The number of benzene rings is 2. The average molecular weight is 467 g/mol. The van der Waals surface area contributed by atoms with Crippen LogP contribution in [0.4, 0.5) is 5.25 Å². The Morgan fingerprint density at radius 3 is 2.17 bits per heavy atom. The summed E-state index contributed by atoms with van der Waals surface area (Å²) in [6.07, 6.45) is 6.45. The van der Waals surface area contributed by atoms with Crippen LogP contribution in [0.1, 0.15) is 27.2 Å². The first-order chi connectivity index (χ1) is 14.0. The van der Waals surface area contributed by atoms with E-state index in [1.54, 1.807) is 0 Å². The van der Waals surface area contributed by atoms with E-state index in [1.807, 2.05) is 0 Å². The Balaban J connectivity index is 0.000000183. The molecule has 0 aliphatic heterocycles. The fourth-order valence-corrected chi connectivity index (χ4v) is 3.43. The quantitative estimate of drug-likeness (QED) is 0.252. The summed E-state index contributed by atoms with van der Waals surface area (Å²) in [4.78, 5) is 0. The first-order valence-corrected chi connectivity index (χ1v) is 11.3. The van der Waals surface area contributed by atoms with Gasteiger partial charge in [0.2, 0.25) is 0 Å². The van der Waals surface area contributed by atoms with Crippen LogP contribution in [0.3, 0.4) is 0 Å². The van der Waals surface area contributed by atoms with Gasteiger partial charge in [-0.15, -0.1) is 54.4 Å². The normalized spacial score (nSPS) is 12.8. The molecule has 0 unspecified atom stereocenters. The van der Waals surface area contributed by atoms with Crippen molar-refractivity contribution in [1.82, 2.24) is 4.57 Å². The molecule has 0 bridgehead atoms. The predicted octanol–water partition coefficient (Wildman–Crippen LogP) is 7.82. The molecule has 1 aliphatic carbocycles. The maximum Gasteiger partial charge on any atom is 0.0511 e. The molecule has 146 valence electrons. The molecule has 1 heterocycles. The van der Waals surface area contributed by atoms with Gasteiger partial charge in [-0.25, -0.2) is 5.57 Å². The second kappa shape index (κ2) is 10.0. The maximum atomic E-state index is 9.80. The minimum absolute atomic E-state index is 1.05. The van der Waals surface area contributed by atoms with E-state index in [1.165, 1.54) is 44.1 Å². The monoisotopic (exact) mass is 465 g/mol. The molecule has 0 saturated carbocycles. The van der Waals surface area contributed by atoms with Crippen molar-refractivity contribution < 1.29 is 29.7 Å². The standard InChI is InChI=1S/C17H12N.C8H11.2FH.Zr/c1-2-7-15-12-16(11-14(15)6-1)18-10-9-13-5-3-4-8-17(13)18;1-6-4-5-7(2)8(6)3;;;/h1-12H;4H2,1-3H3;2*1H;/q2*-1;;;+4/p-2. The summed E-state index contributed by atoms with van der Waals surface area (Å²) in [6.45, 7) is 6.44. The third-order valence-corrected chi connectivity index (χ3v) is 5.30. The summed E-state index contributed by atoms with van der Waals surface area (Å²) in [7, 11) is 0. The van der Waals surface area contributed by atoms with Crippen molar-refractivity contribution in [3.63, 3.8) is 0 Å². The summed E-state index contributed by atoms with van der Waals surface area (Å²) in [6, 6.07) is 23.6. The van der Waals surface area contributed by atoms with Gasteiger partial charge in [0.25, 0.3) is 0 Å². The summed E-state index contributed by atoms with van der Waals surface area (Å²) in [5, 5.41) is 3.87. The van der Waals surface area contributed by atoms with E-state index in [9.17, 15) is 5.25 Å². The van der Waals surface area contributed by atoms with Crippen LogP contribution in [-0.2, 0) is 24.5 Å². The number of aromatic nitrogens is 1. The first-order valence-electron chi connectivity index (χ1n) is 9.47. The number of fused-ring (bicyclic) bond motifs is 2. The Hall–Kier alpha value is -2.19. The molecule has 1 aromatic heterocycles. The van der Waals surface area contributed by atoms with E-state index in [4.69, 9.17) is 0 Å². The number of allylic oxidation sites excluding steroid dienone is 4. The maximum absolute atomic E-state index is 9.80. The summed E-state index contributed by atoms with van der Waals surface area (Å²) in [5.41, 5.74) is 6.74. The molecule has 3 aromatic carbocycles. The van der Waals surface area contributed by atoms with Gasteiger partial charge in [0.05, 0.1) is 5.52 Å². The van der Waals surface area contributed by atoms with Gasteiger partial charge >= 0.3 is 29.7 Å². The van der Waals surface area contributed by atoms with Crippen LogP contribution < -0.4 is 0 Å². The molecule has 29 heavy (non-hydrogen) atoms. The number of hydrogen-bond acceptors (Lipinski definition) is 0. The molecule has 1 aliphatic rings. The van der Waals surface area contributed by atoms with Crippen molar-refractivity contribution in [2.45, 2.75) is 27.2 Å². The van der Waals surface area contributed by atoms with Crippen LogP contribution in [0.5, 0.6) is 0 Å². The average Bonchev–Trinajstić information content (AvgIpc) is 3.42. The molecule has 0 amide bonds. The Morgan fingerprint density at radius 1 is 0.931 bits per heavy atom. The zero-order valence-corrected chi connectivity index (χ0v) is 19.3. The van der Waals surface area contributed by atoms with Crippen LogP contribution in [0, 0.1) is 6.08 Å². The van der Waals surface area contributed by atoms with E-state index in [0.29, 0.717) is 0 Å². The fraction of sp³-hybridized carbons (Fsp3) is 0.160. The molecule has 1 nitrogen and oxygen atoms in total. The second-order valence-corrected chi connectivity index (χ2v) is 7.39. The minimum atomic E-state index is -2.77. The largest absolute Gasteiger partial charge is 0.335 e. The van der Waals surface area contributed by atoms with E-state index >= 15 is 0 Å². The van der Waals surface area contributed by atoms with Crippen molar-refractivity contribution in [2.24, 2.45) is 0 Å². The fourth-order valence-electron chi connectivity index (χ4n) is 3.43. The van der Waals surface area contributed by atoms with Crippen molar-refractivity contribution in [1.29, 1.82) is 0 Å². The van der Waals surface area contributed by atoms with Gasteiger partial charge in [0.1, 0.15) is 0 Å². The van der Waals surface area contributed by atoms with Crippen molar-refractivity contribution >= 4 is 21.7 Å². The first kappa shape index (κ1) is 21.5. The Kier molecular flexibility index (Phi) is 7.44. The third-order valence-electron chi connectivity index (χ3n) is 5.30. The van der Waals surface area contributed by atoms with E-state index < -0.39 is 24.5 Å². The zero-order chi connectivity index (χ0) is 20.8. The number of para-hydroxylation sites is 1. The number of halogens is 2. The van der Waals surface area contributed by atoms with Gasteiger partial charge in [0.15, 0.2) is 0 Å². The smallest absolute Gasteiger partial charge is 0.0511 e. The molecule has 0 fully saturated rings. The van der Waals surface area contributed by atoms with E-state index in [0.717, 1.165) is 6.42 Å². The molecular weight excluding hydrogens is 444 g/mol. The van der Waals surface area contributed by atoms with Crippen LogP contribution in [0.15, 0.2) is 89.6 Å². The number of rotatable bonds is 1. The second-order valence-electron chi connectivity index (χ2n) is 7.04. The molecule has 0 radical (unpaired) electrons. The number of hydrogen-bond donors (Lipinski definition) is 0. The topological polar surface area (TPSA) is 4.93 Å². The molecule has 5 rings (SSSR count). The van der Waals surface area contributed by atoms with Crippen LogP contribution in [0.2, 0.25) is 0 Å². The van der Waals surface area contributed by atoms with Crippen molar-refractivity contribution in [3.05, 3.63) is 95.7 Å². The van der Waals surface area contributed by atoms with Crippen molar-refractivity contribution in [3.8, 4) is 5.69 Å². The summed E-state index contributed by atoms with van der Waals surface area (Å²) < 4.78 is 21.8. The predicted molar refractivity (Wildman–Crippen MR) is 114 cm³/mol. The van der Waals surface area contributed by atoms with Crippen LogP contribution >= 0.6 is 0 Å². The molecule has 4 heteroatoms. The molecule has 0 spiro atoms. The Bertz CT molecular complexity index is 1130. The molecule has 0 atom stereocenters. The van der Waals surface area contributed by atoms with Gasteiger partial charge < -0.3 is 4.57 Å². The SMILES string of the molecule is CC1=[C-]CC(C)=C1C.[F][Zr+2][F].c1ccc2[cH-]c(-n3ccc4ccccc43)cc2c1. The van der Waals surface area contributed by atoms with Gasteiger partial charge in [-0.1, -0.05) is 38.1 Å². The summed E-state index contributed by atoms with van der Waals surface area (Å²) >= 11 is -2.77. The summed E-state index contributed by atoms with van der Waals surface area (Å²) in [5.74, 6) is 0. The molecular formula is C25H23F2NZr. The van der Waals surface area contributed by atoms with E-state index in [-0.39, 0.29) is 0 Å². The third kappa shape index (κ3) is 5.05. The van der Waals surface area contributed by atoms with Crippen molar-refractivity contribution in [2.75, 3.05) is 0 Å². The zero-order valence-electron chi connectivity index (χ0n) is 16.8. The van der Waals surface area contributed by atoms with E-state index in [2.05, 4.69) is 104 Å². The van der Waals surface area contributed by atoms with Gasteiger partial charge in [-0.3, -0.25) is 6.08 Å². The molecule has 0 saturated heterocycles. The van der Waals surface area contributed by atoms with Gasteiger partial charge in [-0.2, -0.15) is 11.1 Å². The Labute approximate surface area is 184 Å².